The van der Waals surface area contributed by atoms with Crippen molar-refractivity contribution < 1.29 is 9.90 Å². The first-order valence-corrected chi connectivity index (χ1v) is 15.4. The van der Waals surface area contributed by atoms with Gasteiger partial charge in [0.05, 0.1) is 0 Å². The van der Waals surface area contributed by atoms with Crippen LogP contribution in [0.5, 0.6) is 0 Å². The lowest BCUT2D eigenvalue weighted by atomic mass is 9.90. The van der Waals surface area contributed by atoms with Crippen molar-refractivity contribution in [3.8, 4) is 0 Å². The molecular weight excluding hydrogens is 404 g/mol. The minimum atomic E-state index is -0.627. The van der Waals surface area contributed by atoms with Crippen LogP contribution in [0.25, 0.3) is 0 Å². The maximum absolute atomic E-state index is 10.9. The summed E-state index contributed by atoms with van der Waals surface area (Å²) >= 11 is 0. The SMILES string of the molecule is CCCCCCCCCCCCCCC(CCCCCCCCCCCC)CCCC(=O)O. The summed E-state index contributed by atoms with van der Waals surface area (Å²) < 4.78 is 0. The van der Waals surface area contributed by atoms with E-state index in [0.29, 0.717) is 6.42 Å². The van der Waals surface area contributed by atoms with E-state index in [4.69, 9.17) is 5.11 Å². The topological polar surface area (TPSA) is 37.3 Å². The molecule has 0 rings (SSSR count). The quantitative estimate of drug-likeness (QED) is 0.116. The first-order valence-electron chi connectivity index (χ1n) is 15.4. The van der Waals surface area contributed by atoms with Gasteiger partial charge in [-0.25, -0.2) is 0 Å². The fraction of sp³-hybridized carbons (Fsp3) is 0.968. The molecule has 1 atom stereocenters. The highest BCUT2D eigenvalue weighted by Gasteiger charge is 2.10. The molecule has 0 saturated heterocycles. The van der Waals surface area contributed by atoms with E-state index in [9.17, 15) is 4.79 Å². The maximum atomic E-state index is 10.9. The normalized spacial score (nSPS) is 12.3. The molecule has 0 bridgehead atoms. The van der Waals surface area contributed by atoms with Crippen LogP contribution in [0.2, 0.25) is 0 Å². The largest absolute Gasteiger partial charge is 0.481 e. The average Bonchev–Trinajstić information content (AvgIpc) is 2.80. The van der Waals surface area contributed by atoms with E-state index < -0.39 is 5.97 Å². The third kappa shape index (κ3) is 27.6. The van der Waals surface area contributed by atoms with Gasteiger partial charge in [-0.1, -0.05) is 168 Å². The van der Waals surface area contributed by atoms with Gasteiger partial charge < -0.3 is 5.11 Å². The van der Waals surface area contributed by atoms with Gasteiger partial charge in [0, 0.05) is 6.42 Å². The molecule has 0 aromatic carbocycles. The molecule has 1 N–H and O–H groups in total. The van der Waals surface area contributed by atoms with Crippen molar-refractivity contribution in [3.05, 3.63) is 0 Å². The van der Waals surface area contributed by atoms with Crippen LogP contribution in [-0.2, 0) is 4.79 Å². The van der Waals surface area contributed by atoms with Gasteiger partial charge in [-0.2, -0.15) is 0 Å². The Morgan fingerprint density at radius 3 is 1.03 bits per heavy atom. The Bertz CT molecular complexity index is 379. The number of hydrogen-bond acceptors (Lipinski definition) is 1. The van der Waals surface area contributed by atoms with Crippen molar-refractivity contribution in [1.82, 2.24) is 0 Å². The number of unbranched alkanes of at least 4 members (excludes halogenated alkanes) is 20. The molecule has 0 saturated carbocycles. The molecule has 0 fully saturated rings. The van der Waals surface area contributed by atoms with Crippen molar-refractivity contribution in [1.29, 1.82) is 0 Å². The Kier molecular flexibility index (Phi) is 27.3. The summed E-state index contributed by atoms with van der Waals surface area (Å²) in [4.78, 5) is 10.9. The number of hydrogen-bond donors (Lipinski definition) is 1. The van der Waals surface area contributed by atoms with E-state index in [-0.39, 0.29) is 0 Å². The third-order valence-corrected chi connectivity index (χ3v) is 7.43. The van der Waals surface area contributed by atoms with Gasteiger partial charge in [0.15, 0.2) is 0 Å². The van der Waals surface area contributed by atoms with Gasteiger partial charge in [0.1, 0.15) is 0 Å². The number of carbonyl (C=O) groups is 1. The minimum Gasteiger partial charge on any atom is -0.481 e. The lowest BCUT2D eigenvalue weighted by Gasteiger charge is -2.16. The van der Waals surface area contributed by atoms with Crippen molar-refractivity contribution in [2.24, 2.45) is 5.92 Å². The highest BCUT2D eigenvalue weighted by molar-refractivity contribution is 5.66. The Hall–Kier alpha value is -0.530. The summed E-state index contributed by atoms with van der Waals surface area (Å²) in [6.45, 7) is 4.57. The van der Waals surface area contributed by atoms with Crippen LogP contribution in [0.15, 0.2) is 0 Å². The molecule has 198 valence electrons. The first-order chi connectivity index (χ1) is 16.2. The van der Waals surface area contributed by atoms with Crippen molar-refractivity contribution in [3.63, 3.8) is 0 Å². The van der Waals surface area contributed by atoms with Crippen LogP contribution in [0.1, 0.15) is 187 Å². The van der Waals surface area contributed by atoms with Crippen LogP contribution in [0, 0.1) is 5.92 Å². The van der Waals surface area contributed by atoms with E-state index in [0.717, 1.165) is 18.8 Å². The molecule has 0 aliphatic carbocycles. The van der Waals surface area contributed by atoms with Gasteiger partial charge >= 0.3 is 5.97 Å². The van der Waals surface area contributed by atoms with E-state index in [2.05, 4.69) is 13.8 Å². The van der Waals surface area contributed by atoms with Crippen LogP contribution in [-0.4, -0.2) is 11.1 Å². The summed E-state index contributed by atoms with van der Waals surface area (Å²) in [5.41, 5.74) is 0. The summed E-state index contributed by atoms with van der Waals surface area (Å²) in [5.74, 6) is 0.138. The van der Waals surface area contributed by atoms with Crippen LogP contribution in [0.3, 0.4) is 0 Å². The molecular formula is C31H62O2. The number of aliphatic carboxylic acids is 1. The van der Waals surface area contributed by atoms with Gasteiger partial charge in [0.25, 0.3) is 0 Å². The second-order valence-electron chi connectivity index (χ2n) is 10.8. The zero-order valence-electron chi connectivity index (χ0n) is 23.0. The lowest BCUT2D eigenvalue weighted by molar-refractivity contribution is -0.137. The summed E-state index contributed by atoms with van der Waals surface area (Å²) in [5, 5.41) is 8.98. The predicted octanol–water partition coefficient (Wildman–Crippen LogP) is 11.3. The second-order valence-corrected chi connectivity index (χ2v) is 10.8. The molecule has 0 amide bonds. The van der Waals surface area contributed by atoms with E-state index >= 15 is 0 Å². The van der Waals surface area contributed by atoms with E-state index in [1.807, 2.05) is 0 Å². The third-order valence-electron chi connectivity index (χ3n) is 7.43. The monoisotopic (exact) mass is 466 g/mol. The van der Waals surface area contributed by atoms with Gasteiger partial charge in [-0.05, 0) is 18.8 Å². The molecule has 0 aromatic heterocycles. The molecule has 0 spiro atoms. The molecule has 0 aliphatic rings. The van der Waals surface area contributed by atoms with Crippen LogP contribution in [0.4, 0.5) is 0 Å². The Morgan fingerprint density at radius 2 is 0.727 bits per heavy atom. The second kappa shape index (κ2) is 27.7. The Balaban J connectivity index is 3.69. The van der Waals surface area contributed by atoms with Crippen LogP contribution < -0.4 is 0 Å². The fourth-order valence-corrected chi connectivity index (χ4v) is 5.17. The van der Waals surface area contributed by atoms with Crippen molar-refractivity contribution >= 4 is 5.97 Å². The molecule has 0 radical (unpaired) electrons. The number of carboxylic acids is 1. The highest BCUT2D eigenvalue weighted by Crippen LogP contribution is 2.24. The maximum Gasteiger partial charge on any atom is 0.303 e. The molecule has 33 heavy (non-hydrogen) atoms. The fourth-order valence-electron chi connectivity index (χ4n) is 5.17. The Morgan fingerprint density at radius 1 is 0.455 bits per heavy atom. The zero-order valence-corrected chi connectivity index (χ0v) is 23.0. The molecule has 2 heteroatoms. The summed E-state index contributed by atoms with van der Waals surface area (Å²) in [7, 11) is 0. The van der Waals surface area contributed by atoms with Crippen molar-refractivity contribution in [2.75, 3.05) is 0 Å². The number of rotatable bonds is 28. The minimum absolute atomic E-state index is 0.354. The standard InChI is InChI=1S/C31H62O2/c1-3-5-7-9-11-13-15-16-18-20-22-24-27-30(28-25-29-31(32)33)26-23-21-19-17-14-12-10-8-6-4-2/h30H,3-29H2,1-2H3,(H,32,33). The number of carboxylic acid groups (broad SMARTS) is 1. The molecule has 2 nitrogen and oxygen atoms in total. The molecule has 0 aromatic rings. The smallest absolute Gasteiger partial charge is 0.303 e. The van der Waals surface area contributed by atoms with Gasteiger partial charge in [-0.3, -0.25) is 4.79 Å². The first kappa shape index (κ1) is 32.5. The van der Waals surface area contributed by atoms with Crippen molar-refractivity contribution in [2.45, 2.75) is 187 Å². The lowest BCUT2D eigenvalue weighted by Crippen LogP contribution is -2.03. The highest BCUT2D eigenvalue weighted by atomic mass is 16.4. The van der Waals surface area contributed by atoms with Gasteiger partial charge in [-0.15, -0.1) is 0 Å². The summed E-state index contributed by atoms with van der Waals surface area (Å²) in [6.07, 6.45) is 35.9. The summed E-state index contributed by atoms with van der Waals surface area (Å²) in [6, 6.07) is 0. The van der Waals surface area contributed by atoms with E-state index in [1.165, 1.54) is 154 Å². The Labute approximate surface area is 209 Å². The van der Waals surface area contributed by atoms with E-state index in [1.54, 1.807) is 0 Å². The average molecular weight is 467 g/mol. The zero-order chi connectivity index (χ0) is 24.2. The molecule has 0 heterocycles. The van der Waals surface area contributed by atoms with Crippen LogP contribution >= 0.6 is 0 Å². The molecule has 1 unspecified atom stereocenters. The molecule has 0 aliphatic heterocycles. The van der Waals surface area contributed by atoms with Gasteiger partial charge in [0.2, 0.25) is 0 Å². The predicted molar refractivity (Wildman–Crippen MR) is 147 cm³/mol.